The fourth-order valence-electron chi connectivity index (χ4n) is 1.34. The van der Waals surface area contributed by atoms with E-state index in [2.05, 4.69) is 9.97 Å². The van der Waals surface area contributed by atoms with E-state index < -0.39 is 6.04 Å². The van der Waals surface area contributed by atoms with Gasteiger partial charge < -0.3 is 15.5 Å². The Hall–Kier alpha value is -1.95. The molecule has 0 aliphatic carbocycles. The van der Waals surface area contributed by atoms with Crippen molar-refractivity contribution in [3.05, 3.63) is 30.5 Å². The van der Waals surface area contributed by atoms with Crippen LogP contribution in [0.15, 0.2) is 24.9 Å². The molecule has 4 N–H and O–H groups in total. The molecule has 0 aliphatic heterocycles. The molecule has 0 fully saturated rings. The molecular formula is C11H17N5O. The molecule has 1 rings (SSSR count). The number of aromatic nitrogens is 2. The number of carbonyl (C=O) groups is 1. The van der Waals surface area contributed by atoms with Crippen molar-refractivity contribution in [2.45, 2.75) is 19.9 Å². The van der Waals surface area contributed by atoms with E-state index in [0.29, 0.717) is 11.3 Å². The number of carbonyl (C=O) groups excluding carboxylic acids is 1. The molecule has 1 atom stereocenters. The molecule has 92 valence electrons. The van der Waals surface area contributed by atoms with Gasteiger partial charge in [0.05, 0.1) is 5.70 Å². The normalized spacial score (nSPS) is 13.5. The summed E-state index contributed by atoms with van der Waals surface area (Å²) in [6.45, 7) is 3.82. The number of aldehydes is 1. The van der Waals surface area contributed by atoms with Gasteiger partial charge >= 0.3 is 0 Å². The minimum Gasteiger partial charge on any atom is -0.397 e. The molecule has 1 aromatic heterocycles. The van der Waals surface area contributed by atoms with Crippen LogP contribution in [0.5, 0.6) is 0 Å². The van der Waals surface area contributed by atoms with E-state index in [4.69, 9.17) is 11.6 Å². The first-order valence-corrected chi connectivity index (χ1v) is 5.27. The van der Waals surface area contributed by atoms with Crippen LogP contribution in [0.3, 0.4) is 0 Å². The Bertz CT molecular complexity index is 390. The lowest BCUT2D eigenvalue weighted by molar-refractivity contribution is -0.112. The molecule has 0 spiro atoms. The summed E-state index contributed by atoms with van der Waals surface area (Å²) in [4.78, 5) is 18.6. The molecule has 0 saturated heterocycles. The van der Waals surface area contributed by atoms with Crippen LogP contribution in [0.1, 0.15) is 19.4 Å². The van der Waals surface area contributed by atoms with Crippen molar-refractivity contribution in [2.24, 2.45) is 17.5 Å². The largest absolute Gasteiger partial charge is 0.397 e. The van der Waals surface area contributed by atoms with Gasteiger partial charge in [0.15, 0.2) is 0 Å². The Morgan fingerprint density at radius 1 is 1.41 bits per heavy atom. The predicted octanol–water partition coefficient (Wildman–Crippen LogP) is 0.133. The predicted molar refractivity (Wildman–Crippen MR) is 64.9 cm³/mol. The molecule has 17 heavy (non-hydrogen) atoms. The van der Waals surface area contributed by atoms with Gasteiger partial charge in [-0.2, -0.15) is 0 Å². The number of nitrogens with zero attached hydrogens (tertiary/aromatic N) is 3. The lowest BCUT2D eigenvalue weighted by atomic mass is 10.1. The minimum atomic E-state index is -0.404. The minimum absolute atomic E-state index is 0.105. The summed E-state index contributed by atoms with van der Waals surface area (Å²) >= 11 is 0. The van der Waals surface area contributed by atoms with E-state index in [1.165, 1.54) is 17.5 Å². The highest BCUT2D eigenvalue weighted by molar-refractivity contribution is 5.62. The van der Waals surface area contributed by atoms with Gasteiger partial charge in [0, 0.05) is 24.2 Å². The van der Waals surface area contributed by atoms with Gasteiger partial charge in [-0.15, -0.1) is 0 Å². The van der Waals surface area contributed by atoms with Crippen molar-refractivity contribution in [2.75, 3.05) is 0 Å². The third-order valence-corrected chi connectivity index (χ3v) is 2.35. The molecule has 0 amide bonds. The fourth-order valence-corrected chi connectivity index (χ4v) is 1.34. The zero-order chi connectivity index (χ0) is 12.8. The third-order valence-electron chi connectivity index (χ3n) is 2.35. The first-order valence-electron chi connectivity index (χ1n) is 5.27. The van der Waals surface area contributed by atoms with E-state index in [9.17, 15) is 4.79 Å². The van der Waals surface area contributed by atoms with E-state index >= 15 is 0 Å². The van der Waals surface area contributed by atoms with Crippen molar-refractivity contribution < 1.29 is 4.79 Å². The number of hydrogen-bond acceptors (Lipinski definition) is 6. The Labute approximate surface area is 100 Å². The maximum atomic E-state index is 10.9. The number of hydrogen-bond donors (Lipinski definition) is 2. The second-order valence-corrected chi connectivity index (χ2v) is 4.03. The topological polar surface area (TPSA) is 98.1 Å². The summed E-state index contributed by atoms with van der Waals surface area (Å²) < 4.78 is 0. The number of rotatable bonds is 5. The molecular weight excluding hydrogens is 218 g/mol. The summed E-state index contributed by atoms with van der Waals surface area (Å²) in [7, 11) is 0. The number of hydrazine groups is 1. The SMILES string of the molecule is CC(C)C(C=O)N(N)/C=C(\N)c1cncnc1. The molecule has 6 heteroatoms. The second-order valence-electron chi connectivity index (χ2n) is 4.03. The third kappa shape index (κ3) is 3.53. The van der Waals surface area contributed by atoms with E-state index in [-0.39, 0.29) is 5.92 Å². The lowest BCUT2D eigenvalue weighted by Gasteiger charge is -2.24. The van der Waals surface area contributed by atoms with E-state index in [1.807, 2.05) is 13.8 Å². The maximum absolute atomic E-state index is 10.9. The smallest absolute Gasteiger partial charge is 0.144 e. The fraction of sp³-hybridized carbons (Fsp3) is 0.364. The average Bonchev–Trinajstić information content (AvgIpc) is 2.30. The van der Waals surface area contributed by atoms with Gasteiger partial charge in [-0.1, -0.05) is 13.8 Å². The quantitative estimate of drug-likeness (QED) is 0.428. The van der Waals surface area contributed by atoms with Gasteiger partial charge in [0.2, 0.25) is 0 Å². The monoisotopic (exact) mass is 235 g/mol. The van der Waals surface area contributed by atoms with Gasteiger partial charge in [-0.05, 0) is 5.92 Å². The van der Waals surface area contributed by atoms with Crippen LogP contribution in [0.4, 0.5) is 0 Å². The first kappa shape index (κ1) is 13.1. The highest BCUT2D eigenvalue weighted by atomic mass is 16.1. The van der Waals surface area contributed by atoms with E-state index in [1.54, 1.807) is 12.4 Å². The molecule has 6 nitrogen and oxygen atoms in total. The first-order chi connectivity index (χ1) is 8.06. The maximum Gasteiger partial charge on any atom is 0.144 e. The van der Waals surface area contributed by atoms with Crippen molar-refractivity contribution in [1.29, 1.82) is 0 Å². The van der Waals surface area contributed by atoms with Crippen molar-refractivity contribution >= 4 is 12.0 Å². The second kappa shape index (κ2) is 5.95. The standard InChI is InChI=1S/C11H17N5O/c1-8(2)11(6-17)16(13)5-10(12)9-3-14-7-15-4-9/h3-8,11H,12-13H2,1-2H3/b10-5-. The summed E-state index contributed by atoms with van der Waals surface area (Å²) in [5.74, 6) is 5.88. The Kier molecular flexibility index (Phi) is 4.59. The molecule has 0 saturated carbocycles. The van der Waals surface area contributed by atoms with E-state index in [0.717, 1.165) is 6.29 Å². The van der Waals surface area contributed by atoms with Gasteiger partial charge in [-0.25, -0.2) is 15.8 Å². The highest BCUT2D eigenvalue weighted by Gasteiger charge is 2.16. The molecule has 0 radical (unpaired) electrons. The Balaban J connectivity index is 2.85. The van der Waals surface area contributed by atoms with Crippen LogP contribution in [0, 0.1) is 5.92 Å². The average molecular weight is 235 g/mol. The van der Waals surface area contributed by atoms with Crippen molar-refractivity contribution in [3.63, 3.8) is 0 Å². The zero-order valence-electron chi connectivity index (χ0n) is 9.95. The van der Waals surface area contributed by atoms with Gasteiger partial charge in [-0.3, -0.25) is 0 Å². The summed E-state index contributed by atoms with van der Waals surface area (Å²) in [6, 6.07) is -0.404. The molecule has 1 aromatic rings. The van der Waals surface area contributed by atoms with Crippen LogP contribution in [-0.4, -0.2) is 27.3 Å². The van der Waals surface area contributed by atoms with Gasteiger partial charge in [0.1, 0.15) is 18.7 Å². The molecule has 1 heterocycles. The summed E-state index contributed by atoms with van der Waals surface area (Å²) in [6.07, 6.45) is 6.89. The van der Waals surface area contributed by atoms with Crippen LogP contribution < -0.4 is 11.6 Å². The Morgan fingerprint density at radius 3 is 2.47 bits per heavy atom. The van der Waals surface area contributed by atoms with Crippen LogP contribution >= 0.6 is 0 Å². The van der Waals surface area contributed by atoms with Crippen LogP contribution in [-0.2, 0) is 4.79 Å². The number of nitrogens with two attached hydrogens (primary N) is 2. The summed E-state index contributed by atoms with van der Waals surface area (Å²) in [5.41, 5.74) is 6.91. The molecule has 0 aliphatic rings. The lowest BCUT2D eigenvalue weighted by Crippen LogP contribution is -2.41. The molecule has 1 unspecified atom stereocenters. The van der Waals surface area contributed by atoms with Crippen LogP contribution in [0.2, 0.25) is 0 Å². The zero-order valence-corrected chi connectivity index (χ0v) is 9.95. The molecule has 0 bridgehead atoms. The Morgan fingerprint density at radius 2 is 2.00 bits per heavy atom. The molecule has 0 aromatic carbocycles. The van der Waals surface area contributed by atoms with Crippen molar-refractivity contribution in [3.8, 4) is 0 Å². The van der Waals surface area contributed by atoms with Gasteiger partial charge in [0.25, 0.3) is 0 Å². The van der Waals surface area contributed by atoms with Crippen molar-refractivity contribution in [1.82, 2.24) is 15.0 Å². The highest BCUT2D eigenvalue weighted by Crippen LogP contribution is 2.10. The summed E-state index contributed by atoms with van der Waals surface area (Å²) in [5, 5.41) is 1.31. The van der Waals surface area contributed by atoms with Crippen LogP contribution in [0.25, 0.3) is 5.70 Å².